The lowest BCUT2D eigenvalue weighted by Gasteiger charge is -2.30. The molecule has 196 valence electrons. The topological polar surface area (TPSA) is 86.7 Å². The van der Waals surface area contributed by atoms with Gasteiger partial charge in [-0.1, -0.05) is 47.7 Å². The van der Waals surface area contributed by atoms with Crippen LogP contribution in [0.5, 0.6) is 5.75 Å². The lowest BCUT2D eigenvalue weighted by atomic mass is 9.83. The first-order chi connectivity index (χ1) is 18.9. The first kappa shape index (κ1) is 26.4. The van der Waals surface area contributed by atoms with Crippen molar-refractivity contribution in [1.82, 2.24) is 4.57 Å². The van der Waals surface area contributed by atoms with Crippen molar-refractivity contribution >= 4 is 74.0 Å². The molecule has 2 heterocycles. The molecular weight excluding hydrogens is 740 g/mol. The summed E-state index contributed by atoms with van der Waals surface area (Å²) >= 11 is 5.86. The lowest BCUT2D eigenvalue weighted by molar-refractivity contribution is -0.384. The van der Waals surface area contributed by atoms with Crippen molar-refractivity contribution < 1.29 is 9.66 Å². The molecule has 0 saturated carbocycles. The number of halogens is 2. The zero-order valence-electron chi connectivity index (χ0n) is 20.7. The Kier molecular flexibility index (Phi) is 7.18. The van der Waals surface area contributed by atoms with E-state index in [1.54, 1.807) is 16.7 Å². The van der Waals surface area contributed by atoms with Crippen LogP contribution in [0.15, 0.2) is 76.0 Å². The summed E-state index contributed by atoms with van der Waals surface area (Å²) in [6, 6.07) is 18.4. The van der Waals surface area contributed by atoms with Gasteiger partial charge in [-0.25, -0.2) is 4.99 Å². The van der Waals surface area contributed by atoms with Gasteiger partial charge in [-0.3, -0.25) is 19.5 Å². The van der Waals surface area contributed by atoms with Crippen molar-refractivity contribution in [3.05, 3.63) is 125 Å². The first-order valence-electron chi connectivity index (χ1n) is 12.3. The van der Waals surface area contributed by atoms with Gasteiger partial charge in [0.1, 0.15) is 5.75 Å². The Morgan fingerprint density at radius 2 is 1.90 bits per heavy atom. The van der Waals surface area contributed by atoms with Crippen LogP contribution in [0, 0.1) is 17.3 Å². The summed E-state index contributed by atoms with van der Waals surface area (Å²) in [5, 5.41) is 11.6. The number of nitro groups is 1. The molecule has 0 fully saturated rings. The summed E-state index contributed by atoms with van der Waals surface area (Å²) in [6.45, 7) is 2.53. The Labute approximate surface area is 255 Å². The van der Waals surface area contributed by atoms with Gasteiger partial charge in [0.2, 0.25) is 0 Å². The summed E-state index contributed by atoms with van der Waals surface area (Å²) in [4.78, 5) is 30.8. The van der Waals surface area contributed by atoms with E-state index in [4.69, 9.17) is 9.73 Å². The predicted molar refractivity (Wildman–Crippen MR) is 169 cm³/mol. The fourth-order valence-electron chi connectivity index (χ4n) is 5.23. The SMILES string of the molecule is CCOc1c(I)cc(/C=c2/sc3n(c2=O)[C@H](c2cccc([N+](=O)[O-])c2)C2=C(N=3)c3ccccc3CC2)cc1I. The number of aromatic nitrogens is 1. The molecule has 0 radical (unpaired) electrons. The van der Waals surface area contributed by atoms with E-state index in [1.165, 1.54) is 23.0 Å². The second kappa shape index (κ2) is 10.6. The normalized spacial score (nSPS) is 16.3. The minimum atomic E-state index is -0.466. The number of hydrogen-bond donors (Lipinski definition) is 0. The minimum absolute atomic E-state index is 0.00326. The average molecular weight is 761 g/mol. The minimum Gasteiger partial charge on any atom is -0.492 e. The Hall–Kier alpha value is -2.84. The van der Waals surface area contributed by atoms with E-state index in [0.29, 0.717) is 21.5 Å². The van der Waals surface area contributed by atoms with E-state index in [1.807, 2.05) is 43.3 Å². The standard InChI is InChI=1S/C29H21I2N3O4S/c1-2-38-27-22(30)12-16(13-23(27)31)14-24-28(35)33-26(18-7-5-8-19(15-18)34(36)37)21-11-10-17-6-3-4-9-20(17)25(21)32-29(33)39-24/h3-9,12-15,26H,2,10-11H2,1H3/b24-14+/t26-/m1/s1. The summed E-state index contributed by atoms with van der Waals surface area (Å²) in [5.74, 6) is 0.842. The smallest absolute Gasteiger partial charge is 0.271 e. The van der Waals surface area contributed by atoms with Gasteiger partial charge in [-0.05, 0) is 105 Å². The van der Waals surface area contributed by atoms with Crippen LogP contribution in [-0.4, -0.2) is 16.1 Å². The van der Waals surface area contributed by atoms with Gasteiger partial charge in [-0.2, -0.15) is 0 Å². The van der Waals surface area contributed by atoms with Crippen molar-refractivity contribution in [3.8, 4) is 5.75 Å². The van der Waals surface area contributed by atoms with Crippen molar-refractivity contribution in [2.24, 2.45) is 4.99 Å². The van der Waals surface area contributed by atoms with Gasteiger partial charge < -0.3 is 4.74 Å². The van der Waals surface area contributed by atoms with Gasteiger partial charge >= 0.3 is 0 Å². The van der Waals surface area contributed by atoms with E-state index in [0.717, 1.165) is 48.1 Å². The zero-order chi connectivity index (χ0) is 27.3. The van der Waals surface area contributed by atoms with Crippen molar-refractivity contribution in [2.75, 3.05) is 6.61 Å². The molecule has 1 atom stereocenters. The number of non-ortho nitro benzene ring substituents is 1. The van der Waals surface area contributed by atoms with Gasteiger partial charge in [0.05, 0.1) is 34.9 Å². The lowest BCUT2D eigenvalue weighted by Crippen LogP contribution is -2.38. The molecule has 4 aromatic rings. The maximum Gasteiger partial charge on any atom is 0.271 e. The number of hydrogen-bond acceptors (Lipinski definition) is 6. The fraction of sp³-hybridized carbons (Fsp3) is 0.172. The molecule has 1 aliphatic heterocycles. The molecular formula is C29H21I2N3O4S. The quantitative estimate of drug-likeness (QED) is 0.146. The molecule has 0 amide bonds. The molecule has 0 unspecified atom stereocenters. The number of aryl methyl sites for hydroxylation is 1. The van der Waals surface area contributed by atoms with Crippen LogP contribution < -0.4 is 19.6 Å². The van der Waals surface area contributed by atoms with Crippen molar-refractivity contribution in [1.29, 1.82) is 0 Å². The van der Waals surface area contributed by atoms with Crippen molar-refractivity contribution in [2.45, 2.75) is 25.8 Å². The molecule has 39 heavy (non-hydrogen) atoms. The summed E-state index contributed by atoms with van der Waals surface area (Å²) in [5.41, 5.74) is 5.62. The molecule has 7 nitrogen and oxygen atoms in total. The Bertz CT molecular complexity index is 1850. The molecule has 2 aliphatic rings. The highest BCUT2D eigenvalue weighted by Gasteiger charge is 2.33. The van der Waals surface area contributed by atoms with E-state index < -0.39 is 11.0 Å². The molecule has 3 aromatic carbocycles. The molecule has 6 rings (SSSR count). The molecule has 1 aliphatic carbocycles. The Morgan fingerprint density at radius 1 is 1.13 bits per heavy atom. The zero-order valence-corrected chi connectivity index (χ0v) is 25.8. The maximum absolute atomic E-state index is 14.0. The van der Waals surface area contributed by atoms with Gasteiger partial charge in [0, 0.05) is 17.7 Å². The monoisotopic (exact) mass is 761 g/mol. The third-order valence-electron chi connectivity index (χ3n) is 6.88. The number of benzene rings is 3. The predicted octanol–water partition coefficient (Wildman–Crippen LogP) is 5.83. The first-order valence-corrected chi connectivity index (χ1v) is 15.3. The number of allylic oxidation sites excluding steroid dienone is 1. The van der Waals surface area contributed by atoms with E-state index in [2.05, 4.69) is 57.3 Å². The van der Waals surface area contributed by atoms with Crippen LogP contribution in [-0.2, 0) is 6.42 Å². The molecule has 0 N–H and O–H groups in total. The van der Waals surface area contributed by atoms with Crippen LogP contribution in [0.3, 0.4) is 0 Å². The number of rotatable bonds is 5. The summed E-state index contributed by atoms with van der Waals surface area (Å²) < 4.78 is 10.0. The number of nitro benzene ring substituents is 1. The van der Waals surface area contributed by atoms with Crippen LogP contribution in [0.4, 0.5) is 5.69 Å². The number of ether oxygens (including phenoxy) is 1. The molecule has 10 heteroatoms. The highest BCUT2D eigenvalue weighted by molar-refractivity contribution is 14.1. The molecule has 1 aromatic heterocycles. The summed E-state index contributed by atoms with van der Waals surface area (Å²) in [6.07, 6.45) is 3.44. The van der Waals surface area contributed by atoms with Crippen molar-refractivity contribution in [3.63, 3.8) is 0 Å². The maximum atomic E-state index is 14.0. The molecule has 0 saturated heterocycles. The van der Waals surface area contributed by atoms with E-state index in [9.17, 15) is 14.9 Å². The third kappa shape index (κ3) is 4.76. The Morgan fingerprint density at radius 3 is 2.64 bits per heavy atom. The number of fused-ring (bicyclic) bond motifs is 3. The molecule has 0 spiro atoms. The fourth-order valence-corrected chi connectivity index (χ4v) is 8.36. The highest BCUT2D eigenvalue weighted by atomic mass is 127. The second-order valence-electron chi connectivity index (χ2n) is 9.21. The van der Waals surface area contributed by atoms with Crippen LogP contribution in [0.1, 0.15) is 41.6 Å². The van der Waals surface area contributed by atoms with Crippen LogP contribution in [0.25, 0.3) is 11.8 Å². The highest BCUT2D eigenvalue weighted by Crippen LogP contribution is 2.41. The van der Waals surface area contributed by atoms with Gasteiger partial charge in [0.15, 0.2) is 4.80 Å². The average Bonchev–Trinajstić information content (AvgIpc) is 3.23. The van der Waals surface area contributed by atoms with Gasteiger partial charge in [-0.15, -0.1) is 0 Å². The van der Waals surface area contributed by atoms with Crippen LogP contribution in [0.2, 0.25) is 0 Å². The molecule has 0 bridgehead atoms. The summed E-state index contributed by atoms with van der Waals surface area (Å²) in [7, 11) is 0. The number of nitrogens with zero attached hydrogens (tertiary/aromatic N) is 3. The van der Waals surface area contributed by atoms with Gasteiger partial charge in [0.25, 0.3) is 11.2 Å². The number of thiazole rings is 1. The van der Waals surface area contributed by atoms with Crippen LogP contribution >= 0.6 is 56.5 Å². The van der Waals surface area contributed by atoms with E-state index >= 15 is 0 Å². The second-order valence-corrected chi connectivity index (χ2v) is 12.5. The van der Waals surface area contributed by atoms with E-state index in [-0.39, 0.29) is 11.2 Å². The largest absolute Gasteiger partial charge is 0.492 e. The Balaban J connectivity index is 1.59. The third-order valence-corrected chi connectivity index (χ3v) is 9.46.